The molecular weight excluding hydrogens is 230 g/mol. The summed E-state index contributed by atoms with van der Waals surface area (Å²) in [5.74, 6) is 2.46. The fourth-order valence-corrected chi connectivity index (χ4v) is 2.51. The molecule has 0 heterocycles. The summed E-state index contributed by atoms with van der Waals surface area (Å²) in [6.07, 6.45) is 11.4. The third-order valence-corrected chi connectivity index (χ3v) is 4.25. The van der Waals surface area contributed by atoms with Crippen LogP contribution in [0.2, 0.25) is 0 Å². The van der Waals surface area contributed by atoms with Gasteiger partial charge in [-0.1, -0.05) is 86.0 Å². The lowest BCUT2D eigenvalue weighted by molar-refractivity contribution is 0.330. The van der Waals surface area contributed by atoms with Crippen LogP contribution in [0.1, 0.15) is 86.0 Å². The quantitative estimate of drug-likeness (QED) is 0.426. The summed E-state index contributed by atoms with van der Waals surface area (Å²) in [5.41, 5.74) is 0. The molecule has 0 aliphatic rings. The van der Waals surface area contributed by atoms with Gasteiger partial charge in [-0.2, -0.15) is 0 Å². The lowest BCUT2D eigenvalue weighted by Crippen LogP contribution is -2.28. The Morgan fingerprint density at radius 3 is 1.84 bits per heavy atom. The molecule has 0 radical (unpaired) electrons. The largest absolute Gasteiger partial charge is 0.316 e. The molecule has 0 amide bonds. The molecule has 116 valence electrons. The third kappa shape index (κ3) is 12.7. The van der Waals surface area contributed by atoms with Crippen molar-refractivity contribution in [3.63, 3.8) is 0 Å². The van der Waals surface area contributed by atoms with Crippen molar-refractivity contribution in [2.45, 2.75) is 86.0 Å². The number of hydrogen-bond donors (Lipinski definition) is 1. The van der Waals surface area contributed by atoms with Crippen LogP contribution in [0.4, 0.5) is 0 Å². The van der Waals surface area contributed by atoms with Crippen molar-refractivity contribution in [2.24, 2.45) is 17.8 Å². The minimum Gasteiger partial charge on any atom is -0.316 e. The van der Waals surface area contributed by atoms with Gasteiger partial charge in [-0.25, -0.2) is 0 Å². The minimum absolute atomic E-state index is 0.769. The summed E-state index contributed by atoms with van der Waals surface area (Å²) in [5, 5.41) is 3.59. The third-order valence-electron chi connectivity index (χ3n) is 4.25. The van der Waals surface area contributed by atoms with Crippen molar-refractivity contribution in [1.82, 2.24) is 5.32 Å². The molecule has 1 N–H and O–H groups in total. The van der Waals surface area contributed by atoms with Gasteiger partial charge in [0.2, 0.25) is 0 Å². The zero-order valence-electron chi connectivity index (χ0n) is 14.3. The van der Waals surface area contributed by atoms with E-state index in [2.05, 4.69) is 39.9 Å². The van der Waals surface area contributed by atoms with E-state index < -0.39 is 0 Å². The Labute approximate surface area is 122 Å². The summed E-state index contributed by atoms with van der Waals surface area (Å²) in [4.78, 5) is 0. The summed E-state index contributed by atoms with van der Waals surface area (Å²) in [7, 11) is 0. The fourth-order valence-electron chi connectivity index (χ4n) is 2.51. The highest BCUT2D eigenvalue weighted by atomic mass is 14.9. The Bertz CT molecular complexity index is 177. The van der Waals surface area contributed by atoms with Crippen molar-refractivity contribution in [3.05, 3.63) is 0 Å². The van der Waals surface area contributed by atoms with Crippen LogP contribution in [0.5, 0.6) is 0 Å². The smallest absolute Gasteiger partial charge is 0.00205 e. The highest BCUT2D eigenvalue weighted by Gasteiger charge is 2.11. The Morgan fingerprint density at radius 1 is 0.684 bits per heavy atom. The predicted octanol–water partition coefficient (Wildman–Crippen LogP) is 5.64. The van der Waals surface area contributed by atoms with E-state index in [0.29, 0.717) is 0 Å². The van der Waals surface area contributed by atoms with Crippen LogP contribution in [-0.4, -0.2) is 13.1 Å². The SMILES string of the molecule is CCCCCCCCCC(C)C(C)CNCC(C)C. The van der Waals surface area contributed by atoms with Gasteiger partial charge < -0.3 is 5.32 Å². The van der Waals surface area contributed by atoms with Crippen molar-refractivity contribution in [3.8, 4) is 0 Å². The second-order valence-electron chi connectivity index (χ2n) is 6.92. The molecule has 0 spiro atoms. The van der Waals surface area contributed by atoms with Crippen LogP contribution in [0.25, 0.3) is 0 Å². The second kappa shape index (κ2) is 13.0. The van der Waals surface area contributed by atoms with Gasteiger partial charge in [0.05, 0.1) is 0 Å². The molecule has 0 saturated carbocycles. The topological polar surface area (TPSA) is 12.0 Å². The monoisotopic (exact) mass is 269 g/mol. The van der Waals surface area contributed by atoms with Gasteiger partial charge in [0.15, 0.2) is 0 Å². The zero-order chi connectivity index (χ0) is 14.5. The molecule has 1 heteroatoms. The maximum Gasteiger partial charge on any atom is -0.00205 e. The molecule has 0 saturated heterocycles. The summed E-state index contributed by atoms with van der Waals surface area (Å²) < 4.78 is 0. The summed E-state index contributed by atoms with van der Waals surface area (Å²) in [6.45, 7) is 14.0. The highest BCUT2D eigenvalue weighted by molar-refractivity contribution is 4.65. The van der Waals surface area contributed by atoms with Crippen LogP contribution < -0.4 is 5.32 Å². The molecule has 2 unspecified atom stereocenters. The van der Waals surface area contributed by atoms with Crippen molar-refractivity contribution >= 4 is 0 Å². The van der Waals surface area contributed by atoms with Gasteiger partial charge in [-0.05, 0) is 30.8 Å². The van der Waals surface area contributed by atoms with Gasteiger partial charge in [-0.15, -0.1) is 0 Å². The maximum absolute atomic E-state index is 3.59. The van der Waals surface area contributed by atoms with E-state index >= 15 is 0 Å². The van der Waals surface area contributed by atoms with Gasteiger partial charge in [0.25, 0.3) is 0 Å². The van der Waals surface area contributed by atoms with E-state index in [1.807, 2.05) is 0 Å². The van der Waals surface area contributed by atoms with E-state index in [4.69, 9.17) is 0 Å². The molecule has 0 aromatic rings. The predicted molar refractivity (Wildman–Crippen MR) is 88.6 cm³/mol. The Balaban J connectivity index is 3.38. The average molecular weight is 270 g/mol. The Kier molecular flexibility index (Phi) is 12.9. The second-order valence-corrected chi connectivity index (χ2v) is 6.92. The first kappa shape index (κ1) is 19.0. The molecule has 19 heavy (non-hydrogen) atoms. The molecule has 2 atom stereocenters. The molecule has 0 aromatic heterocycles. The number of hydrogen-bond acceptors (Lipinski definition) is 1. The molecule has 0 fully saturated rings. The molecule has 1 nitrogen and oxygen atoms in total. The molecule has 0 bridgehead atoms. The van der Waals surface area contributed by atoms with E-state index in [0.717, 1.165) is 24.3 Å². The van der Waals surface area contributed by atoms with E-state index in [1.165, 1.54) is 57.9 Å². The molecule has 0 aliphatic carbocycles. The number of unbranched alkanes of at least 4 members (excludes halogenated alkanes) is 6. The van der Waals surface area contributed by atoms with Crippen LogP contribution in [0.3, 0.4) is 0 Å². The van der Waals surface area contributed by atoms with Crippen LogP contribution in [-0.2, 0) is 0 Å². The first-order chi connectivity index (χ1) is 9.07. The van der Waals surface area contributed by atoms with Crippen molar-refractivity contribution < 1.29 is 0 Å². The molecule has 0 rings (SSSR count). The highest BCUT2D eigenvalue weighted by Crippen LogP contribution is 2.19. The van der Waals surface area contributed by atoms with Crippen LogP contribution in [0, 0.1) is 17.8 Å². The van der Waals surface area contributed by atoms with Gasteiger partial charge in [0.1, 0.15) is 0 Å². The normalized spacial score (nSPS) is 14.8. The Morgan fingerprint density at radius 2 is 1.26 bits per heavy atom. The minimum atomic E-state index is 0.769. The molecular formula is C18H39N. The van der Waals surface area contributed by atoms with Gasteiger partial charge in [0, 0.05) is 0 Å². The van der Waals surface area contributed by atoms with Crippen molar-refractivity contribution in [1.29, 1.82) is 0 Å². The van der Waals surface area contributed by atoms with Gasteiger partial charge in [-0.3, -0.25) is 0 Å². The first-order valence-electron chi connectivity index (χ1n) is 8.78. The average Bonchev–Trinajstić information content (AvgIpc) is 2.36. The van der Waals surface area contributed by atoms with E-state index in [9.17, 15) is 0 Å². The molecule has 0 aliphatic heterocycles. The number of nitrogens with one attached hydrogen (secondary N) is 1. The standard InChI is InChI=1S/C18H39N/c1-6-7-8-9-10-11-12-13-17(4)18(5)15-19-14-16(2)3/h16-19H,6-15H2,1-5H3. The first-order valence-corrected chi connectivity index (χ1v) is 8.78. The lowest BCUT2D eigenvalue weighted by Gasteiger charge is -2.21. The summed E-state index contributed by atoms with van der Waals surface area (Å²) >= 11 is 0. The number of rotatable bonds is 13. The van der Waals surface area contributed by atoms with Crippen LogP contribution in [0.15, 0.2) is 0 Å². The fraction of sp³-hybridized carbons (Fsp3) is 1.00. The Hall–Kier alpha value is -0.0400. The molecule has 0 aromatic carbocycles. The van der Waals surface area contributed by atoms with Crippen molar-refractivity contribution in [2.75, 3.05) is 13.1 Å². The lowest BCUT2D eigenvalue weighted by atomic mass is 9.90. The van der Waals surface area contributed by atoms with Crippen LogP contribution >= 0.6 is 0 Å². The maximum atomic E-state index is 3.59. The van der Waals surface area contributed by atoms with E-state index in [1.54, 1.807) is 0 Å². The van der Waals surface area contributed by atoms with E-state index in [-0.39, 0.29) is 0 Å². The van der Waals surface area contributed by atoms with Gasteiger partial charge >= 0.3 is 0 Å². The zero-order valence-corrected chi connectivity index (χ0v) is 14.3. The summed E-state index contributed by atoms with van der Waals surface area (Å²) in [6, 6.07) is 0.